The van der Waals surface area contributed by atoms with Crippen LogP contribution in [0.4, 0.5) is 0 Å². The third-order valence-electron chi connectivity index (χ3n) is 6.03. The van der Waals surface area contributed by atoms with Crippen molar-refractivity contribution in [1.82, 2.24) is 10.2 Å². The third kappa shape index (κ3) is 4.87. The van der Waals surface area contributed by atoms with E-state index >= 15 is 0 Å². The summed E-state index contributed by atoms with van der Waals surface area (Å²) < 4.78 is 0. The van der Waals surface area contributed by atoms with Crippen LogP contribution in [-0.4, -0.2) is 35.8 Å². The molecule has 1 heterocycles. The lowest BCUT2D eigenvalue weighted by Crippen LogP contribution is -2.47. The van der Waals surface area contributed by atoms with E-state index in [9.17, 15) is 9.59 Å². The van der Waals surface area contributed by atoms with Crippen molar-refractivity contribution < 1.29 is 9.59 Å². The smallest absolute Gasteiger partial charge is 0.230 e. The zero-order valence-electron chi connectivity index (χ0n) is 16.0. The van der Waals surface area contributed by atoms with Crippen molar-refractivity contribution in [2.24, 2.45) is 5.92 Å². The van der Waals surface area contributed by atoms with Gasteiger partial charge < -0.3 is 10.2 Å². The third-order valence-corrected chi connectivity index (χ3v) is 6.03. The number of piperidine rings is 1. The summed E-state index contributed by atoms with van der Waals surface area (Å²) in [7, 11) is 0. The summed E-state index contributed by atoms with van der Waals surface area (Å²) in [5.41, 5.74) is 1.10. The number of nitrogens with zero attached hydrogens (tertiary/aromatic N) is 1. The molecule has 2 fully saturated rings. The van der Waals surface area contributed by atoms with Gasteiger partial charge in [-0.3, -0.25) is 9.59 Å². The van der Waals surface area contributed by atoms with Crippen LogP contribution in [0, 0.1) is 5.92 Å². The Morgan fingerprint density at radius 3 is 2.35 bits per heavy atom. The molecule has 1 aliphatic heterocycles. The van der Waals surface area contributed by atoms with Gasteiger partial charge in [0.15, 0.2) is 0 Å². The van der Waals surface area contributed by atoms with Crippen molar-refractivity contribution in [3.05, 3.63) is 35.9 Å². The molecule has 0 aromatic heterocycles. The zero-order chi connectivity index (χ0) is 18.4. The van der Waals surface area contributed by atoms with E-state index in [0.29, 0.717) is 12.3 Å². The highest BCUT2D eigenvalue weighted by Gasteiger charge is 2.29. The minimum Gasteiger partial charge on any atom is -0.353 e. The minimum atomic E-state index is -0.0512. The van der Waals surface area contributed by atoms with Gasteiger partial charge in [-0.05, 0) is 43.6 Å². The molecule has 0 spiro atoms. The second-order valence-corrected chi connectivity index (χ2v) is 7.89. The van der Waals surface area contributed by atoms with E-state index in [1.807, 2.05) is 35.2 Å². The summed E-state index contributed by atoms with van der Waals surface area (Å²) in [6, 6.07) is 10.3. The van der Waals surface area contributed by atoms with Gasteiger partial charge in [0.2, 0.25) is 11.8 Å². The number of amides is 2. The summed E-state index contributed by atoms with van der Waals surface area (Å²) in [5, 5.41) is 3.20. The van der Waals surface area contributed by atoms with E-state index in [0.717, 1.165) is 37.9 Å². The highest BCUT2D eigenvalue weighted by molar-refractivity contribution is 5.84. The van der Waals surface area contributed by atoms with Gasteiger partial charge in [0.25, 0.3) is 0 Å². The highest BCUT2D eigenvalue weighted by Crippen LogP contribution is 2.28. The van der Waals surface area contributed by atoms with Gasteiger partial charge >= 0.3 is 0 Å². The van der Waals surface area contributed by atoms with E-state index in [-0.39, 0.29) is 23.8 Å². The van der Waals surface area contributed by atoms with Crippen molar-refractivity contribution in [1.29, 1.82) is 0 Å². The van der Waals surface area contributed by atoms with E-state index < -0.39 is 0 Å². The fourth-order valence-corrected chi connectivity index (χ4v) is 4.47. The summed E-state index contributed by atoms with van der Waals surface area (Å²) in [6.45, 7) is 3.57. The van der Waals surface area contributed by atoms with Crippen molar-refractivity contribution >= 4 is 11.8 Å². The Bertz CT molecular complexity index is 587. The first-order chi connectivity index (χ1) is 12.7. The number of likely N-dealkylation sites (tertiary alicyclic amines) is 1. The SMILES string of the molecule is CC[C@H](C(=O)N1CCC(NC(=O)CC2CCCC2)CC1)c1ccccc1. The average molecular weight is 357 g/mol. The molecular formula is C22H32N2O2. The van der Waals surface area contributed by atoms with Crippen LogP contribution >= 0.6 is 0 Å². The summed E-state index contributed by atoms with van der Waals surface area (Å²) in [6.07, 6.45) is 8.21. The lowest BCUT2D eigenvalue weighted by atomic mass is 9.93. The number of rotatable bonds is 6. The lowest BCUT2D eigenvalue weighted by Gasteiger charge is -2.34. The van der Waals surface area contributed by atoms with Crippen LogP contribution in [0.25, 0.3) is 0 Å². The summed E-state index contributed by atoms with van der Waals surface area (Å²) in [4.78, 5) is 27.1. The number of nitrogens with one attached hydrogen (secondary N) is 1. The van der Waals surface area contributed by atoms with Crippen LogP contribution in [0.3, 0.4) is 0 Å². The maximum Gasteiger partial charge on any atom is 0.230 e. The number of carbonyl (C=O) groups excluding carboxylic acids is 2. The highest BCUT2D eigenvalue weighted by atomic mass is 16.2. The Balaban J connectivity index is 1.46. The van der Waals surface area contributed by atoms with Gasteiger partial charge in [-0.1, -0.05) is 50.1 Å². The standard InChI is InChI=1S/C22H32N2O2/c1-2-20(18-10-4-3-5-11-18)22(26)24-14-12-19(13-15-24)23-21(25)16-17-8-6-7-9-17/h3-5,10-11,17,19-20H,2,6-9,12-16H2,1H3,(H,23,25)/t20-/m0/s1. The van der Waals surface area contributed by atoms with Crippen LogP contribution in [-0.2, 0) is 9.59 Å². The van der Waals surface area contributed by atoms with Crippen LogP contribution in [0.15, 0.2) is 30.3 Å². The second kappa shape index (κ2) is 9.20. The molecular weight excluding hydrogens is 324 g/mol. The van der Waals surface area contributed by atoms with Crippen LogP contribution in [0.5, 0.6) is 0 Å². The van der Waals surface area contributed by atoms with E-state index in [4.69, 9.17) is 0 Å². The van der Waals surface area contributed by atoms with Gasteiger partial charge in [0.1, 0.15) is 0 Å². The predicted molar refractivity (Wildman–Crippen MR) is 104 cm³/mol. The number of carbonyl (C=O) groups is 2. The maximum atomic E-state index is 12.9. The fraction of sp³-hybridized carbons (Fsp3) is 0.636. The molecule has 1 aromatic rings. The van der Waals surface area contributed by atoms with Gasteiger partial charge in [0.05, 0.1) is 5.92 Å². The maximum absolute atomic E-state index is 12.9. The first kappa shape index (κ1) is 18.9. The molecule has 1 N–H and O–H groups in total. The summed E-state index contributed by atoms with van der Waals surface area (Å²) in [5.74, 6) is 0.976. The quantitative estimate of drug-likeness (QED) is 0.841. The normalized spacial score (nSPS) is 20.1. The monoisotopic (exact) mass is 356 g/mol. The van der Waals surface area contributed by atoms with E-state index in [1.54, 1.807) is 0 Å². The molecule has 26 heavy (non-hydrogen) atoms. The lowest BCUT2D eigenvalue weighted by molar-refractivity contribution is -0.134. The van der Waals surface area contributed by atoms with Crippen molar-refractivity contribution in [3.63, 3.8) is 0 Å². The molecule has 4 nitrogen and oxygen atoms in total. The molecule has 1 atom stereocenters. The molecule has 2 aliphatic rings. The Morgan fingerprint density at radius 1 is 1.08 bits per heavy atom. The average Bonchev–Trinajstić information content (AvgIpc) is 3.16. The minimum absolute atomic E-state index is 0.0512. The van der Waals surface area contributed by atoms with E-state index in [1.165, 1.54) is 25.7 Å². The molecule has 142 valence electrons. The summed E-state index contributed by atoms with van der Waals surface area (Å²) >= 11 is 0. The topological polar surface area (TPSA) is 49.4 Å². The number of benzene rings is 1. The molecule has 0 unspecified atom stereocenters. The van der Waals surface area contributed by atoms with Crippen LogP contribution in [0.2, 0.25) is 0 Å². The van der Waals surface area contributed by atoms with Gasteiger partial charge in [-0.25, -0.2) is 0 Å². The van der Waals surface area contributed by atoms with Gasteiger partial charge in [-0.2, -0.15) is 0 Å². The number of hydrogen-bond acceptors (Lipinski definition) is 2. The fourth-order valence-electron chi connectivity index (χ4n) is 4.47. The van der Waals surface area contributed by atoms with Crippen molar-refractivity contribution in [3.8, 4) is 0 Å². The Hall–Kier alpha value is -1.84. The van der Waals surface area contributed by atoms with Gasteiger partial charge in [-0.15, -0.1) is 0 Å². The van der Waals surface area contributed by atoms with Crippen molar-refractivity contribution in [2.45, 2.75) is 70.3 Å². The molecule has 1 aromatic carbocycles. The first-order valence-corrected chi connectivity index (χ1v) is 10.3. The molecule has 2 amide bonds. The van der Waals surface area contributed by atoms with Crippen LogP contribution < -0.4 is 5.32 Å². The molecule has 0 bridgehead atoms. The van der Waals surface area contributed by atoms with Crippen molar-refractivity contribution in [2.75, 3.05) is 13.1 Å². The Kier molecular flexibility index (Phi) is 6.70. The zero-order valence-corrected chi connectivity index (χ0v) is 16.0. The molecule has 4 heteroatoms. The Morgan fingerprint density at radius 2 is 1.73 bits per heavy atom. The molecule has 1 aliphatic carbocycles. The van der Waals surface area contributed by atoms with Crippen LogP contribution in [0.1, 0.15) is 69.8 Å². The molecule has 1 saturated carbocycles. The Labute approximate surface area is 157 Å². The molecule has 1 saturated heterocycles. The largest absolute Gasteiger partial charge is 0.353 e. The predicted octanol–water partition coefficient (Wildman–Crippen LogP) is 3.87. The molecule has 3 rings (SSSR count). The second-order valence-electron chi connectivity index (χ2n) is 7.89. The first-order valence-electron chi connectivity index (χ1n) is 10.3. The van der Waals surface area contributed by atoms with E-state index in [2.05, 4.69) is 12.2 Å². The number of hydrogen-bond donors (Lipinski definition) is 1. The molecule has 0 radical (unpaired) electrons. The van der Waals surface area contributed by atoms with Gasteiger partial charge in [0, 0.05) is 25.6 Å².